The molecule has 96 valence electrons. The summed E-state index contributed by atoms with van der Waals surface area (Å²) < 4.78 is 0. The van der Waals surface area contributed by atoms with E-state index in [0.29, 0.717) is 12.6 Å². The van der Waals surface area contributed by atoms with Crippen molar-refractivity contribution in [3.05, 3.63) is 35.9 Å². The van der Waals surface area contributed by atoms with Crippen LogP contribution in [0.1, 0.15) is 25.0 Å². The predicted octanol–water partition coefficient (Wildman–Crippen LogP) is 1.65. The van der Waals surface area contributed by atoms with E-state index in [1.807, 2.05) is 30.3 Å². The fourth-order valence-corrected chi connectivity index (χ4v) is 1.66. The summed E-state index contributed by atoms with van der Waals surface area (Å²) >= 11 is 0. The van der Waals surface area contributed by atoms with Gasteiger partial charge in [-0.2, -0.15) is 0 Å². The van der Waals surface area contributed by atoms with Crippen LogP contribution in [0.4, 0.5) is 0 Å². The quantitative estimate of drug-likeness (QED) is 0.755. The first-order valence-corrected chi connectivity index (χ1v) is 6.20. The Kier molecular flexibility index (Phi) is 6.19. The molecule has 1 aromatic rings. The second kappa shape index (κ2) is 7.43. The molecular weight excluding hydrogens is 212 g/mol. The molecular formula is C14H24N2O. The highest BCUT2D eigenvalue weighted by molar-refractivity contribution is 5.17. The molecule has 0 heterocycles. The molecule has 0 aliphatic carbocycles. The molecule has 1 aromatic carbocycles. The van der Waals surface area contributed by atoms with Crippen molar-refractivity contribution >= 4 is 0 Å². The number of nitrogens with one attached hydrogen (secondary N) is 1. The Hall–Kier alpha value is -0.900. The number of aliphatic hydroxyl groups excluding tert-OH is 1. The van der Waals surface area contributed by atoms with Crippen molar-refractivity contribution in [2.45, 2.75) is 25.5 Å². The fourth-order valence-electron chi connectivity index (χ4n) is 1.66. The molecule has 2 N–H and O–H groups in total. The van der Waals surface area contributed by atoms with Gasteiger partial charge in [-0.3, -0.25) is 0 Å². The Balaban J connectivity index is 2.26. The van der Waals surface area contributed by atoms with Crippen LogP contribution in [0, 0.1) is 0 Å². The zero-order valence-electron chi connectivity index (χ0n) is 11.1. The number of rotatable bonds is 7. The van der Waals surface area contributed by atoms with E-state index >= 15 is 0 Å². The van der Waals surface area contributed by atoms with Crippen molar-refractivity contribution in [3.8, 4) is 0 Å². The monoisotopic (exact) mass is 236 g/mol. The van der Waals surface area contributed by atoms with Crippen LogP contribution in [0.15, 0.2) is 30.3 Å². The lowest BCUT2D eigenvalue weighted by Crippen LogP contribution is -2.32. The molecule has 0 fully saturated rings. The molecule has 0 aliphatic heterocycles. The van der Waals surface area contributed by atoms with Crippen LogP contribution in [0.5, 0.6) is 0 Å². The maximum absolute atomic E-state index is 9.97. The average Bonchev–Trinajstić information content (AvgIpc) is 2.34. The molecule has 3 nitrogen and oxygen atoms in total. The molecule has 0 radical (unpaired) electrons. The van der Waals surface area contributed by atoms with Crippen molar-refractivity contribution in [2.75, 3.05) is 27.2 Å². The highest BCUT2D eigenvalue weighted by Crippen LogP contribution is 2.10. The van der Waals surface area contributed by atoms with E-state index in [4.69, 9.17) is 0 Å². The summed E-state index contributed by atoms with van der Waals surface area (Å²) in [6, 6.07) is 10.2. The maximum atomic E-state index is 9.97. The minimum Gasteiger partial charge on any atom is -0.387 e. The third-order valence-electron chi connectivity index (χ3n) is 2.85. The Morgan fingerprint density at radius 1 is 1.24 bits per heavy atom. The molecule has 0 bridgehead atoms. The predicted molar refractivity (Wildman–Crippen MR) is 72.0 cm³/mol. The van der Waals surface area contributed by atoms with Crippen LogP contribution >= 0.6 is 0 Å². The first kappa shape index (κ1) is 14.2. The molecule has 1 rings (SSSR count). The summed E-state index contributed by atoms with van der Waals surface area (Å²) in [5.41, 5.74) is 0.972. The molecule has 0 saturated heterocycles. The van der Waals surface area contributed by atoms with E-state index in [0.717, 1.165) is 18.5 Å². The summed E-state index contributed by atoms with van der Waals surface area (Å²) in [5.74, 6) is 0. The molecule has 2 atom stereocenters. The van der Waals surface area contributed by atoms with Crippen molar-refractivity contribution in [1.29, 1.82) is 0 Å². The smallest absolute Gasteiger partial charge is 0.0914 e. The van der Waals surface area contributed by atoms with Crippen LogP contribution in [0.3, 0.4) is 0 Å². The van der Waals surface area contributed by atoms with E-state index < -0.39 is 6.10 Å². The SMILES string of the molecule is CC(CCN(C)C)NCC(O)c1ccccc1. The van der Waals surface area contributed by atoms with Crippen LogP contribution in [-0.2, 0) is 0 Å². The Labute approximate surface area is 104 Å². The largest absolute Gasteiger partial charge is 0.387 e. The minimum absolute atomic E-state index is 0.419. The highest BCUT2D eigenvalue weighted by Gasteiger charge is 2.08. The third-order valence-corrected chi connectivity index (χ3v) is 2.85. The molecule has 0 spiro atoms. The van der Waals surface area contributed by atoms with E-state index in [1.165, 1.54) is 0 Å². The molecule has 3 heteroatoms. The molecule has 0 saturated carbocycles. The number of aliphatic hydroxyl groups is 1. The molecule has 0 aromatic heterocycles. The standard InChI is InChI=1S/C14H24N2O/c1-12(9-10-16(2)3)15-11-14(17)13-7-5-4-6-8-13/h4-8,12,14-15,17H,9-11H2,1-3H3. The van der Waals surface area contributed by atoms with E-state index in [9.17, 15) is 5.11 Å². The molecule has 0 amide bonds. The molecule has 0 aliphatic rings. The molecule has 17 heavy (non-hydrogen) atoms. The second-order valence-corrected chi connectivity index (χ2v) is 4.83. The van der Waals surface area contributed by atoms with Gasteiger partial charge in [-0.25, -0.2) is 0 Å². The summed E-state index contributed by atoms with van der Waals surface area (Å²) in [6.07, 6.45) is 0.673. The highest BCUT2D eigenvalue weighted by atomic mass is 16.3. The van der Waals surface area contributed by atoms with Gasteiger partial charge < -0.3 is 15.3 Å². The summed E-state index contributed by atoms with van der Waals surface area (Å²) in [5, 5.41) is 13.3. The Morgan fingerprint density at radius 3 is 2.47 bits per heavy atom. The summed E-state index contributed by atoms with van der Waals surface area (Å²) in [4.78, 5) is 2.17. The Bertz CT molecular complexity index is 300. The third kappa shape index (κ3) is 5.82. The van der Waals surface area contributed by atoms with Gasteiger partial charge in [0.15, 0.2) is 0 Å². The Morgan fingerprint density at radius 2 is 1.88 bits per heavy atom. The van der Waals surface area contributed by atoms with Crippen LogP contribution in [-0.4, -0.2) is 43.2 Å². The van der Waals surface area contributed by atoms with Gasteiger partial charge in [0.2, 0.25) is 0 Å². The first-order chi connectivity index (χ1) is 8.09. The van der Waals surface area contributed by atoms with Gasteiger partial charge in [0.05, 0.1) is 6.10 Å². The zero-order valence-corrected chi connectivity index (χ0v) is 11.1. The maximum Gasteiger partial charge on any atom is 0.0914 e. The first-order valence-electron chi connectivity index (χ1n) is 6.20. The van der Waals surface area contributed by atoms with E-state index in [2.05, 4.69) is 31.2 Å². The van der Waals surface area contributed by atoms with Gasteiger partial charge >= 0.3 is 0 Å². The van der Waals surface area contributed by atoms with Crippen molar-refractivity contribution in [2.24, 2.45) is 0 Å². The van der Waals surface area contributed by atoms with Gasteiger partial charge in [0.1, 0.15) is 0 Å². The summed E-state index contributed by atoms with van der Waals surface area (Å²) in [7, 11) is 4.15. The number of nitrogens with zero attached hydrogens (tertiary/aromatic N) is 1. The number of benzene rings is 1. The normalized spacial score (nSPS) is 14.9. The van der Waals surface area contributed by atoms with Crippen LogP contribution in [0.25, 0.3) is 0 Å². The van der Waals surface area contributed by atoms with Gasteiger partial charge in [-0.15, -0.1) is 0 Å². The van der Waals surface area contributed by atoms with Crippen LogP contribution in [0.2, 0.25) is 0 Å². The van der Waals surface area contributed by atoms with Crippen LogP contribution < -0.4 is 5.32 Å². The number of hydrogen-bond donors (Lipinski definition) is 2. The van der Waals surface area contributed by atoms with Gasteiger partial charge in [0, 0.05) is 12.6 Å². The lowest BCUT2D eigenvalue weighted by molar-refractivity contribution is 0.169. The van der Waals surface area contributed by atoms with E-state index in [1.54, 1.807) is 0 Å². The summed E-state index contributed by atoms with van der Waals surface area (Å²) in [6.45, 7) is 3.83. The number of hydrogen-bond acceptors (Lipinski definition) is 3. The fraction of sp³-hybridized carbons (Fsp3) is 0.571. The second-order valence-electron chi connectivity index (χ2n) is 4.83. The van der Waals surface area contributed by atoms with Gasteiger partial charge in [0.25, 0.3) is 0 Å². The topological polar surface area (TPSA) is 35.5 Å². The zero-order chi connectivity index (χ0) is 12.7. The van der Waals surface area contributed by atoms with Crippen molar-refractivity contribution in [3.63, 3.8) is 0 Å². The van der Waals surface area contributed by atoms with Crippen molar-refractivity contribution in [1.82, 2.24) is 10.2 Å². The lowest BCUT2D eigenvalue weighted by atomic mass is 10.1. The van der Waals surface area contributed by atoms with Gasteiger partial charge in [-0.05, 0) is 39.5 Å². The van der Waals surface area contributed by atoms with Gasteiger partial charge in [-0.1, -0.05) is 30.3 Å². The van der Waals surface area contributed by atoms with Crippen molar-refractivity contribution < 1.29 is 5.11 Å². The average molecular weight is 236 g/mol. The lowest BCUT2D eigenvalue weighted by Gasteiger charge is -2.19. The minimum atomic E-state index is -0.419. The molecule has 2 unspecified atom stereocenters. The van der Waals surface area contributed by atoms with E-state index in [-0.39, 0.29) is 0 Å².